The smallest absolute Gasteiger partial charge is 0.334 e. The Bertz CT molecular complexity index is 1390. The van der Waals surface area contributed by atoms with E-state index in [2.05, 4.69) is 21.9 Å². The van der Waals surface area contributed by atoms with Gasteiger partial charge in [0.1, 0.15) is 17.5 Å². The Morgan fingerprint density at radius 3 is 2.54 bits per heavy atom. The summed E-state index contributed by atoms with van der Waals surface area (Å²) in [6.07, 6.45) is 5.11. The fraction of sp³-hybridized carbons (Fsp3) is 0.423. The van der Waals surface area contributed by atoms with E-state index >= 15 is 0 Å². The summed E-state index contributed by atoms with van der Waals surface area (Å²) >= 11 is 0. The van der Waals surface area contributed by atoms with Crippen molar-refractivity contribution in [1.82, 2.24) is 19.1 Å². The molecule has 3 aromatic rings. The third-order valence-corrected chi connectivity index (χ3v) is 6.34. The predicted octanol–water partition coefficient (Wildman–Crippen LogP) is 3.87. The first kappa shape index (κ1) is 24.2. The number of aromatic nitrogens is 4. The van der Waals surface area contributed by atoms with Gasteiger partial charge < -0.3 is 4.74 Å². The fourth-order valence-corrected chi connectivity index (χ4v) is 4.36. The van der Waals surface area contributed by atoms with Crippen LogP contribution in [0.25, 0.3) is 0 Å². The molecular formula is C26H30N6O3. The lowest BCUT2D eigenvalue weighted by molar-refractivity contribution is 0.255. The minimum atomic E-state index is -0.451. The number of benzene rings is 1. The van der Waals surface area contributed by atoms with Gasteiger partial charge in [0, 0.05) is 19.2 Å². The maximum atomic E-state index is 13.2. The molecule has 2 heterocycles. The number of nitriles is 1. The van der Waals surface area contributed by atoms with Crippen LogP contribution < -0.4 is 21.7 Å². The maximum absolute atomic E-state index is 13.2. The summed E-state index contributed by atoms with van der Waals surface area (Å²) in [4.78, 5) is 37.4. The second kappa shape index (κ2) is 11.0. The first-order valence-electron chi connectivity index (χ1n) is 12.1. The molecule has 1 saturated carbocycles. The molecule has 182 valence electrons. The van der Waals surface area contributed by atoms with E-state index in [1.165, 1.54) is 4.57 Å². The number of pyridine rings is 1. The van der Waals surface area contributed by atoms with Crippen LogP contribution in [0.3, 0.4) is 0 Å². The SMILES string of the molecule is CCCn1c(=O)[nH]/c(=N\c2ccc(Oc3cccc(C#N)n3)cc2)n(C[C@H]2CC[C@H](C)CC2)c1=O. The van der Waals surface area contributed by atoms with Crippen molar-refractivity contribution in [2.75, 3.05) is 0 Å². The molecule has 1 N–H and O–H groups in total. The third kappa shape index (κ3) is 5.96. The van der Waals surface area contributed by atoms with Crippen LogP contribution in [0.15, 0.2) is 57.0 Å². The molecule has 1 fully saturated rings. The van der Waals surface area contributed by atoms with Crippen LogP contribution >= 0.6 is 0 Å². The summed E-state index contributed by atoms with van der Waals surface area (Å²) in [6, 6.07) is 13.9. The van der Waals surface area contributed by atoms with Gasteiger partial charge in [-0.05, 0) is 61.4 Å². The van der Waals surface area contributed by atoms with E-state index in [-0.39, 0.29) is 17.0 Å². The quantitative estimate of drug-likeness (QED) is 0.558. The average Bonchev–Trinajstić information content (AvgIpc) is 2.86. The molecule has 1 aliphatic carbocycles. The lowest BCUT2D eigenvalue weighted by atomic mass is 9.83. The van der Waals surface area contributed by atoms with Crippen molar-refractivity contribution in [2.24, 2.45) is 16.8 Å². The van der Waals surface area contributed by atoms with Crippen molar-refractivity contribution in [1.29, 1.82) is 5.26 Å². The van der Waals surface area contributed by atoms with Crippen molar-refractivity contribution in [3.63, 3.8) is 0 Å². The standard InChI is InChI=1S/C26H30N6O3/c1-3-15-31-25(33)30-24(32(26(31)34)17-19-9-7-18(2)8-10-19)29-20-11-13-22(14-12-20)35-23-6-4-5-21(16-27)28-23/h4-6,11-14,18-19H,3,7-10,15,17H2,1-2H3,(H,29,30,33)/t18-,19-. The minimum absolute atomic E-state index is 0.253. The largest absolute Gasteiger partial charge is 0.439 e. The topological polar surface area (TPSA) is 118 Å². The molecule has 0 unspecified atom stereocenters. The minimum Gasteiger partial charge on any atom is -0.439 e. The second-order valence-corrected chi connectivity index (χ2v) is 9.11. The van der Waals surface area contributed by atoms with Gasteiger partial charge in [-0.1, -0.05) is 32.8 Å². The van der Waals surface area contributed by atoms with Gasteiger partial charge in [0.05, 0.1) is 5.69 Å². The first-order chi connectivity index (χ1) is 17.0. The average molecular weight is 475 g/mol. The van der Waals surface area contributed by atoms with Crippen molar-refractivity contribution in [2.45, 2.75) is 59.0 Å². The molecule has 0 atom stereocenters. The number of hydrogen-bond acceptors (Lipinski definition) is 6. The van der Waals surface area contributed by atoms with Crippen molar-refractivity contribution in [3.05, 3.63) is 74.7 Å². The van der Waals surface area contributed by atoms with E-state index in [1.807, 2.05) is 13.0 Å². The number of ether oxygens (including phenoxy) is 1. The van der Waals surface area contributed by atoms with E-state index in [1.54, 1.807) is 47.0 Å². The monoisotopic (exact) mass is 474 g/mol. The maximum Gasteiger partial charge on any atom is 0.334 e. The molecular weight excluding hydrogens is 444 g/mol. The van der Waals surface area contributed by atoms with Crippen LogP contribution in [0.5, 0.6) is 11.6 Å². The lowest BCUT2D eigenvalue weighted by Gasteiger charge is -2.26. The van der Waals surface area contributed by atoms with Gasteiger partial charge in [-0.2, -0.15) is 5.26 Å². The molecule has 4 rings (SSSR count). The molecule has 0 spiro atoms. The summed E-state index contributed by atoms with van der Waals surface area (Å²) < 4.78 is 8.58. The number of aromatic amines is 1. The van der Waals surface area contributed by atoms with Crippen molar-refractivity contribution in [3.8, 4) is 17.7 Å². The van der Waals surface area contributed by atoms with Crippen LogP contribution in [0, 0.1) is 23.2 Å². The Labute approximate surface area is 203 Å². The molecule has 1 aromatic carbocycles. The van der Waals surface area contributed by atoms with Crippen LogP contribution in [0.2, 0.25) is 0 Å². The van der Waals surface area contributed by atoms with Gasteiger partial charge in [0.25, 0.3) is 0 Å². The molecule has 35 heavy (non-hydrogen) atoms. The molecule has 9 heteroatoms. The van der Waals surface area contributed by atoms with Gasteiger partial charge in [0.15, 0.2) is 0 Å². The zero-order valence-corrected chi connectivity index (χ0v) is 20.1. The molecule has 0 radical (unpaired) electrons. The highest BCUT2D eigenvalue weighted by Crippen LogP contribution is 2.29. The Morgan fingerprint density at radius 2 is 1.86 bits per heavy atom. The van der Waals surface area contributed by atoms with Gasteiger partial charge in [-0.15, -0.1) is 0 Å². The molecule has 0 aliphatic heterocycles. The number of H-pyrrole nitrogens is 1. The summed E-state index contributed by atoms with van der Waals surface area (Å²) in [5.41, 5.74) is 0.324. The van der Waals surface area contributed by atoms with Crippen molar-refractivity contribution < 1.29 is 4.74 Å². The normalized spacial score (nSPS) is 18.3. The summed E-state index contributed by atoms with van der Waals surface area (Å²) in [6.45, 7) is 5.10. The predicted molar refractivity (Wildman–Crippen MR) is 131 cm³/mol. The zero-order chi connectivity index (χ0) is 24.8. The Hall–Kier alpha value is -3.93. The Kier molecular flexibility index (Phi) is 7.60. The van der Waals surface area contributed by atoms with E-state index in [4.69, 9.17) is 10.00 Å². The van der Waals surface area contributed by atoms with E-state index < -0.39 is 5.69 Å². The molecule has 0 bridgehead atoms. The summed E-state index contributed by atoms with van der Waals surface area (Å²) in [7, 11) is 0. The lowest BCUT2D eigenvalue weighted by Crippen LogP contribution is -2.50. The van der Waals surface area contributed by atoms with E-state index in [9.17, 15) is 9.59 Å². The number of nitrogens with zero attached hydrogens (tertiary/aromatic N) is 5. The summed E-state index contributed by atoms with van der Waals surface area (Å²) in [5.74, 6) is 1.94. The Balaban J connectivity index is 1.65. The zero-order valence-electron chi connectivity index (χ0n) is 20.1. The number of nitrogens with one attached hydrogen (secondary N) is 1. The highest BCUT2D eigenvalue weighted by atomic mass is 16.5. The highest BCUT2D eigenvalue weighted by Gasteiger charge is 2.20. The molecule has 9 nitrogen and oxygen atoms in total. The second-order valence-electron chi connectivity index (χ2n) is 9.11. The molecule has 0 saturated heterocycles. The van der Waals surface area contributed by atoms with Crippen molar-refractivity contribution >= 4 is 5.69 Å². The Morgan fingerprint density at radius 1 is 1.11 bits per heavy atom. The van der Waals surface area contributed by atoms with Crippen LogP contribution in [0.4, 0.5) is 5.69 Å². The summed E-state index contributed by atoms with van der Waals surface area (Å²) in [5, 5.41) is 9.00. The van der Waals surface area contributed by atoms with Gasteiger partial charge >= 0.3 is 11.4 Å². The van der Waals surface area contributed by atoms with E-state index in [0.717, 1.165) is 25.7 Å². The van der Waals surface area contributed by atoms with Crippen LogP contribution in [-0.4, -0.2) is 19.1 Å². The number of hydrogen-bond donors (Lipinski definition) is 1. The van der Waals surface area contributed by atoms with Crippen LogP contribution in [0.1, 0.15) is 51.6 Å². The van der Waals surface area contributed by atoms with Gasteiger partial charge in [0.2, 0.25) is 11.5 Å². The number of rotatable bonds is 7. The van der Waals surface area contributed by atoms with Gasteiger partial charge in [-0.3, -0.25) is 9.55 Å². The van der Waals surface area contributed by atoms with Gasteiger partial charge in [-0.25, -0.2) is 24.1 Å². The molecule has 0 amide bonds. The molecule has 2 aromatic heterocycles. The van der Waals surface area contributed by atoms with E-state index in [0.29, 0.717) is 48.7 Å². The third-order valence-electron chi connectivity index (χ3n) is 6.34. The fourth-order valence-electron chi connectivity index (χ4n) is 4.36. The first-order valence-corrected chi connectivity index (χ1v) is 12.1. The highest BCUT2D eigenvalue weighted by molar-refractivity contribution is 5.42. The van der Waals surface area contributed by atoms with Crippen LogP contribution in [-0.2, 0) is 13.1 Å². The molecule has 1 aliphatic rings.